The Morgan fingerprint density at radius 2 is 1.20 bits per heavy atom. The van der Waals surface area contributed by atoms with E-state index in [0.29, 0.717) is 0 Å². The maximum absolute atomic E-state index is 6.47. The lowest BCUT2D eigenvalue weighted by atomic mass is 9.81. The first kappa shape index (κ1) is 22.7. The van der Waals surface area contributed by atoms with E-state index in [2.05, 4.69) is 134 Å². The molecule has 2 heteroatoms. The van der Waals surface area contributed by atoms with Crippen LogP contribution in [-0.4, -0.2) is 4.57 Å². The number of benzene rings is 6. The molecule has 9 rings (SSSR count). The van der Waals surface area contributed by atoms with Gasteiger partial charge >= 0.3 is 0 Å². The van der Waals surface area contributed by atoms with E-state index in [1.165, 1.54) is 55.2 Å². The molecule has 0 bridgehead atoms. The Morgan fingerprint density at radius 3 is 2.12 bits per heavy atom. The lowest BCUT2D eigenvalue weighted by Crippen LogP contribution is -2.14. The van der Waals surface area contributed by atoms with Gasteiger partial charge in [-0.1, -0.05) is 105 Å². The second-order valence-corrected chi connectivity index (χ2v) is 11.8. The van der Waals surface area contributed by atoms with Crippen LogP contribution >= 0.6 is 0 Å². The molecule has 0 fully saturated rings. The second kappa shape index (κ2) is 7.99. The standard InChI is InChI=1S/C39H27NO/c1-39(2)32-14-6-3-10-26(32)27-20-18-25(23-33(27)39)24-19-21-35-31(22-24)28-11-4-7-15-34(28)40(35)36-16-9-13-30-29-12-5-8-17-37(29)41-38(30)36/h3-23H,1-2H3. The minimum absolute atomic E-state index is 0.0205. The van der Waals surface area contributed by atoms with Crippen LogP contribution in [-0.2, 0) is 5.41 Å². The third kappa shape index (κ3) is 3.02. The minimum atomic E-state index is -0.0205. The van der Waals surface area contributed by atoms with Gasteiger partial charge in [0, 0.05) is 27.0 Å². The van der Waals surface area contributed by atoms with Crippen LogP contribution in [0.1, 0.15) is 25.0 Å². The molecule has 0 radical (unpaired) electrons. The van der Waals surface area contributed by atoms with Gasteiger partial charge in [0.2, 0.25) is 0 Å². The number of aromatic nitrogens is 1. The molecule has 6 aromatic carbocycles. The first-order valence-corrected chi connectivity index (χ1v) is 14.3. The third-order valence-electron chi connectivity index (χ3n) is 9.21. The number of para-hydroxylation sites is 3. The first-order valence-electron chi connectivity index (χ1n) is 14.3. The molecule has 41 heavy (non-hydrogen) atoms. The SMILES string of the molecule is CC1(C)c2ccccc2-c2ccc(-c3ccc4c(c3)c3ccccc3n4-c3cccc4c3oc3ccccc34)cc21. The summed E-state index contributed by atoms with van der Waals surface area (Å²) in [5.41, 5.74) is 13.2. The fraction of sp³-hybridized carbons (Fsp3) is 0.0769. The Balaban J connectivity index is 1.27. The number of hydrogen-bond acceptors (Lipinski definition) is 1. The maximum Gasteiger partial charge on any atom is 0.159 e. The van der Waals surface area contributed by atoms with Crippen molar-refractivity contribution in [1.29, 1.82) is 0 Å². The van der Waals surface area contributed by atoms with E-state index in [0.717, 1.165) is 27.6 Å². The van der Waals surface area contributed by atoms with Crippen LogP contribution < -0.4 is 0 Å². The van der Waals surface area contributed by atoms with E-state index in [1.807, 2.05) is 12.1 Å². The van der Waals surface area contributed by atoms with E-state index in [4.69, 9.17) is 4.42 Å². The molecule has 2 aromatic heterocycles. The number of nitrogens with zero attached hydrogens (tertiary/aromatic N) is 1. The molecule has 8 aromatic rings. The van der Waals surface area contributed by atoms with Crippen LogP contribution in [0.4, 0.5) is 0 Å². The zero-order valence-corrected chi connectivity index (χ0v) is 23.0. The predicted octanol–water partition coefficient (Wildman–Crippen LogP) is 10.7. The fourth-order valence-corrected chi connectivity index (χ4v) is 7.20. The van der Waals surface area contributed by atoms with Crippen molar-refractivity contribution in [2.75, 3.05) is 0 Å². The van der Waals surface area contributed by atoms with Crippen LogP contribution in [0.3, 0.4) is 0 Å². The molecule has 2 nitrogen and oxygen atoms in total. The normalized spacial score (nSPS) is 13.8. The van der Waals surface area contributed by atoms with Crippen LogP contribution in [0.5, 0.6) is 0 Å². The highest BCUT2D eigenvalue weighted by Crippen LogP contribution is 2.49. The van der Waals surface area contributed by atoms with Crippen molar-refractivity contribution in [1.82, 2.24) is 4.57 Å². The van der Waals surface area contributed by atoms with Crippen molar-refractivity contribution < 1.29 is 4.42 Å². The molecule has 1 aliphatic carbocycles. The van der Waals surface area contributed by atoms with Gasteiger partial charge in [0.05, 0.1) is 16.7 Å². The zero-order chi connectivity index (χ0) is 27.3. The Labute approximate surface area is 238 Å². The van der Waals surface area contributed by atoms with E-state index >= 15 is 0 Å². The molecule has 0 spiro atoms. The van der Waals surface area contributed by atoms with Crippen molar-refractivity contribution in [2.24, 2.45) is 0 Å². The quantitative estimate of drug-likeness (QED) is 0.219. The van der Waals surface area contributed by atoms with E-state index < -0.39 is 0 Å². The molecule has 0 atom stereocenters. The largest absolute Gasteiger partial charge is 0.454 e. The number of fused-ring (bicyclic) bond motifs is 9. The minimum Gasteiger partial charge on any atom is -0.454 e. The average molecular weight is 526 g/mol. The van der Waals surface area contributed by atoms with Gasteiger partial charge < -0.3 is 8.98 Å². The van der Waals surface area contributed by atoms with Crippen LogP contribution in [0.2, 0.25) is 0 Å². The molecule has 1 aliphatic rings. The molecule has 0 saturated heterocycles. The summed E-state index contributed by atoms with van der Waals surface area (Å²) in [6, 6.07) is 46.2. The summed E-state index contributed by atoms with van der Waals surface area (Å²) < 4.78 is 8.83. The molecule has 0 aliphatic heterocycles. The number of rotatable bonds is 2. The van der Waals surface area contributed by atoms with Crippen molar-refractivity contribution in [3.8, 4) is 27.9 Å². The van der Waals surface area contributed by atoms with Gasteiger partial charge in [-0.05, 0) is 69.8 Å². The molecule has 0 saturated carbocycles. The number of furan rings is 1. The summed E-state index contributed by atoms with van der Waals surface area (Å²) in [6.45, 7) is 4.69. The van der Waals surface area contributed by atoms with Crippen LogP contribution in [0, 0.1) is 0 Å². The monoisotopic (exact) mass is 525 g/mol. The van der Waals surface area contributed by atoms with Crippen molar-refractivity contribution in [2.45, 2.75) is 19.3 Å². The zero-order valence-electron chi connectivity index (χ0n) is 23.0. The lowest BCUT2D eigenvalue weighted by Gasteiger charge is -2.22. The maximum atomic E-state index is 6.47. The summed E-state index contributed by atoms with van der Waals surface area (Å²) in [5, 5.41) is 4.78. The molecule has 0 N–H and O–H groups in total. The van der Waals surface area contributed by atoms with E-state index in [9.17, 15) is 0 Å². The molecular weight excluding hydrogens is 498 g/mol. The summed E-state index contributed by atoms with van der Waals surface area (Å²) in [6.07, 6.45) is 0. The topological polar surface area (TPSA) is 18.1 Å². The Hall–Kier alpha value is -5.08. The fourth-order valence-electron chi connectivity index (χ4n) is 7.20. The molecular formula is C39H27NO. The van der Waals surface area contributed by atoms with Crippen LogP contribution in [0.25, 0.3) is 71.7 Å². The van der Waals surface area contributed by atoms with Gasteiger partial charge in [-0.3, -0.25) is 0 Å². The molecule has 0 unspecified atom stereocenters. The Kier molecular flexibility index (Phi) is 4.42. The highest BCUT2D eigenvalue weighted by atomic mass is 16.3. The highest BCUT2D eigenvalue weighted by molar-refractivity contribution is 6.13. The smallest absolute Gasteiger partial charge is 0.159 e. The average Bonchev–Trinajstić information content (AvgIpc) is 3.63. The highest BCUT2D eigenvalue weighted by Gasteiger charge is 2.35. The van der Waals surface area contributed by atoms with Gasteiger partial charge in [0.15, 0.2) is 5.58 Å². The summed E-state index contributed by atoms with van der Waals surface area (Å²) >= 11 is 0. The third-order valence-corrected chi connectivity index (χ3v) is 9.21. The van der Waals surface area contributed by atoms with Gasteiger partial charge in [0.1, 0.15) is 5.58 Å². The van der Waals surface area contributed by atoms with Crippen molar-refractivity contribution in [3.63, 3.8) is 0 Å². The van der Waals surface area contributed by atoms with Crippen molar-refractivity contribution in [3.05, 3.63) is 139 Å². The van der Waals surface area contributed by atoms with Crippen LogP contribution in [0.15, 0.2) is 132 Å². The molecule has 194 valence electrons. The summed E-state index contributed by atoms with van der Waals surface area (Å²) in [7, 11) is 0. The predicted molar refractivity (Wildman–Crippen MR) is 171 cm³/mol. The van der Waals surface area contributed by atoms with Gasteiger partial charge in [-0.2, -0.15) is 0 Å². The van der Waals surface area contributed by atoms with Gasteiger partial charge in [-0.25, -0.2) is 0 Å². The first-order chi connectivity index (χ1) is 20.1. The van der Waals surface area contributed by atoms with Gasteiger partial charge in [-0.15, -0.1) is 0 Å². The lowest BCUT2D eigenvalue weighted by molar-refractivity contribution is 0.660. The van der Waals surface area contributed by atoms with Gasteiger partial charge in [0.25, 0.3) is 0 Å². The van der Waals surface area contributed by atoms with E-state index in [1.54, 1.807) is 0 Å². The second-order valence-electron chi connectivity index (χ2n) is 11.8. The van der Waals surface area contributed by atoms with E-state index in [-0.39, 0.29) is 5.41 Å². The Morgan fingerprint density at radius 1 is 0.512 bits per heavy atom. The molecule has 0 amide bonds. The summed E-state index contributed by atoms with van der Waals surface area (Å²) in [5.74, 6) is 0. The molecule has 2 heterocycles. The Bertz CT molecular complexity index is 2350. The summed E-state index contributed by atoms with van der Waals surface area (Å²) in [4.78, 5) is 0. The number of hydrogen-bond donors (Lipinski definition) is 0. The van der Waals surface area contributed by atoms with Crippen molar-refractivity contribution >= 4 is 43.7 Å².